The standard InChI is InChI=1S/C13H18N2O3/c14-11-5-1-4-10(12(11)17)13(18)15-6-2-3-9(7-15)8-16/h1,4-5,9,16-17H,2-3,6-8,14H2. The van der Waals surface area contributed by atoms with E-state index in [0.717, 1.165) is 12.8 Å². The van der Waals surface area contributed by atoms with Gasteiger partial charge in [0.25, 0.3) is 5.91 Å². The van der Waals surface area contributed by atoms with Gasteiger partial charge in [-0.05, 0) is 30.9 Å². The first-order valence-electron chi connectivity index (χ1n) is 6.11. The number of aliphatic hydroxyl groups is 1. The number of hydrogen-bond acceptors (Lipinski definition) is 4. The highest BCUT2D eigenvalue weighted by Crippen LogP contribution is 2.27. The fraction of sp³-hybridized carbons (Fsp3) is 0.462. The van der Waals surface area contributed by atoms with E-state index in [0.29, 0.717) is 13.1 Å². The number of para-hydroxylation sites is 1. The predicted molar refractivity (Wildman–Crippen MR) is 68.2 cm³/mol. The highest BCUT2D eigenvalue weighted by Gasteiger charge is 2.25. The molecule has 5 nitrogen and oxygen atoms in total. The Hall–Kier alpha value is -1.75. The summed E-state index contributed by atoms with van der Waals surface area (Å²) in [6.45, 7) is 1.28. The van der Waals surface area contributed by atoms with Gasteiger partial charge in [0.15, 0.2) is 5.75 Å². The Balaban J connectivity index is 2.18. The summed E-state index contributed by atoms with van der Waals surface area (Å²) in [7, 11) is 0. The number of phenols is 1. The monoisotopic (exact) mass is 250 g/mol. The maximum absolute atomic E-state index is 12.3. The van der Waals surface area contributed by atoms with Gasteiger partial charge in [-0.1, -0.05) is 6.07 Å². The lowest BCUT2D eigenvalue weighted by atomic mass is 9.98. The van der Waals surface area contributed by atoms with Crippen LogP contribution in [0.4, 0.5) is 5.69 Å². The minimum Gasteiger partial charge on any atom is -0.505 e. The summed E-state index contributed by atoms with van der Waals surface area (Å²) < 4.78 is 0. The summed E-state index contributed by atoms with van der Waals surface area (Å²) in [6.07, 6.45) is 1.81. The number of aromatic hydroxyl groups is 1. The van der Waals surface area contributed by atoms with Crippen LogP contribution in [0.1, 0.15) is 23.2 Å². The van der Waals surface area contributed by atoms with Crippen LogP contribution >= 0.6 is 0 Å². The summed E-state index contributed by atoms with van der Waals surface area (Å²) in [5, 5.41) is 19.0. The number of carbonyl (C=O) groups is 1. The van der Waals surface area contributed by atoms with E-state index in [1.807, 2.05) is 0 Å². The first kappa shape index (κ1) is 12.7. The van der Waals surface area contributed by atoms with Crippen molar-refractivity contribution in [2.45, 2.75) is 12.8 Å². The number of carbonyl (C=O) groups excluding carboxylic acids is 1. The van der Waals surface area contributed by atoms with Gasteiger partial charge >= 0.3 is 0 Å². The molecule has 0 saturated carbocycles. The second-order valence-corrected chi connectivity index (χ2v) is 4.69. The van der Waals surface area contributed by atoms with Gasteiger partial charge in [-0.2, -0.15) is 0 Å². The molecule has 2 rings (SSSR count). The molecule has 1 unspecified atom stereocenters. The molecule has 4 N–H and O–H groups in total. The molecule has 1 amide bonds. The molecule has 1 fully saturated rings. The number of phenolic OH excluding ortho intramolecular Hbond substituents is 1. The number of rotatable bonds is 2. The molecule has 1 aromatic carbocycles. The summed E-state index contributed by atoms with van der Waals surface area (Å²) in [5.41, 5.74) is 6.02. The van der Waals surface area contributed by atoms with Crippen molar-refractivity contribution in [1.82, 2.24) is 4.90 Å². The van der Waals surface area contributed by atoms with Crippen LogP contribution in [0.5, 0.6) is 5.75 Å². The number of nitrogens with zero attached hydrogens (tertiary/aromatic N) is 1. The Morgan fingerprint density at radius 2 is 2.28 bits per heavy atom. The minimum atomic E-state index is -0.224. The summed E-state index contributed by atoms with van der Waals surface area (Å²) >= 11 is 0. The maximum Gasteiger partial charge on any atom is 0.257 e. The highest BCUT2D eigenvalue weighted by molar-refractivity contribution is 5.98. The highest BCUT2D eigenvalue weighted by atomic mass is 16.3. The van der Waals surface area contributed by atoms with E-state index < -0.39 is 0 Å². The van der Waals surface area contributed by atoms with Gasteiger partial charge in [0.2, 0.25) is 0 Å². The number of aliphatic hydroxyl groups excluding tert-OH is 1. The molecule has 0 bridgehead atoms. The van der Waals surface area contributed by atoms with Crippen molar-refractivity contribution in [2.24, 2.45) is 5.92 Å². The SMILES string of the molecule is Nc1cccc(C(=O)N2CCCC(CO)C2)c1O. The van der Waals surface area contributed by atoms with Crippen molar-refractivity contribution in [2.75, 3.05) is 25.4 Å². The Labute approximate surface area is 106 Å². The van der Waals surface area contributed by atoms with Gasteiger partial charge in [-0.3, -0.25) is 4.79 Å². The number of piperidine rings is 1. The Morgan fingerprint density at radius 1 is 1.50 bits per heavy atom. The molecule has 1 aromatic rings. The molecule has 1 heterocycles. The van der Waals surface area contributed by atoms with Crippen molar-refractivity contribution >= 4 is 11.6 Å². The number of amides is 1. The van der Waals surface area contributed by atoms with Gasteiger partial charge in [-0.25, -0.2) is 0 Å². The fourth-order valence-electron chi connectivity index (χ4n) is 2.30. The molecular formula is C13H18N2O3. The molecule has 18 heavy (non-hydrogen) atoms. The minimum absolute atomic E-state index is 0.0900. The molecule has 0 aliphatic carbocycles. The Kier molecular flexibility index (Phi) is 3.72. The fourth-order valence-corrected chi connectivity index (χ4v) is 2.30. The average Bonchev–Trinajstić information content (AvgIpc) is 2.41. The molecule has 1 atom stereocenters. The zero-order chi connectivity index (χ0) is 13.1. The molecule has 5 heteroatoms. The van der Waals surface area contributed by atoms with Crippen molar-refractivity contribution in [3.8, 4) is 5.75 Å². The van der Waals surface area contributed by atoms with Crippen molar-refractivity contribution in [3.63, 3.8) is 0 Å². The van der Waals surface area contributed by atoms with Crippen LogP contribution in [0.15, 0.2) is 18.2 Å². The first-order valence-corrected chi connectivity index (χ1v) is 6.11. The number of hydrogen-bond donors (Lipinski definition) is 3. The second-order valence-electron chi connectivity index (χ2n) is 4.69. The van der Waals surface area contributed by atoms with Crippen LogP contribution in [-0.2, 0) is 0 Å². The van der Waals surface area contributed by atoms with E-state index in [2.05, 4.69) is 0 Å². The third-order valence-corrected chi connectivity index (χ3v) is 3.36. The first-order chi connectivity index (χ1) is 8.63. The smallest absolute Gasteiger partial charge is 0.257 e. The normalized spacial score (nSPS) is 19.8. The van der Waals surface area contributed by atoms with Crippen LogP contribution < -0.4 is 5.73 Å². The topological polar surface area (TPSA) is 86.8 Å². The molecule has 0 radical (unpaired) electrons. The molecule has 98 valence electrons. The van der Waals surface area contributed by atoms with E-state index in [9.17, 15) is 9.90 Å². The number of benzene rings is 1. The van der Waals surface area contributed by atoms with Gasteiger partial charge in [0.1, 0.15) is 0 Å². The number of nitrogen functional groups attached to an aromatic ring is 1. The number of likely N-dealkylation sites (tertiary alicyclic amines) is 1. The number of anilines is 1. The lowest BCUT2D eigenvalue weighted by Crippen LogP contribution is -2.41. The predicted octanol–water partition coefficient (Wildman–Crippen LogP) is 0.819. The van der Waals surface area contributed by atoms with Crippen LogP contribution in [0.25, 0.3) is 0 Å². The van der Waals surface area contributed by atoms with Gasteiger partial charge in [0, 0.05) is 19.7 Å². The van der Waals surface area contributed by atoms with Crippen LogP contribution in [0.3, 0.4) is 0 Å². The number of nitrogens with two attached hydrogens (primary N) is 1. The zero-order valence-electron chi connectivity index (χ0n) is 10.2. The largest absolute Gasteiger partial charge is 0.505 e. The Morgan fingerprint density at radius 3 is 3.00 bits per heavy atom. The van der Waals surface area contributed by atoms with Crippen molar-refractivity contribution in [1.29, 1.82) is 0 Å². The van der Waals surface area contributed by atoms with Gasteiger partial charge < -0.3 is 20.8 Å². The lowest BCUT2D eigenvalue weighted by Gasteiger charge is -2.32. The molecule has 1 aliphatic rings. The van der Waals surface area contributed by atoms with Gasteiger partial charge in [0.05, 0.1) is 11.3 Å². The third-order valence-electron chi connectivity index (χ3n) is 3.36. The zero-order valence-corrected chi connectivity index (χ0v) is 10.2. The van der Waals surface area contributed by atoms with E-state index in [1.165, 1.54) is 0 Å². The van der Waals surface area contributed by atoms with Crippen LogP contribution in [0, 0.1) is 5.92 Å². The summed E-state index contributed by atoms with van der Waals surface area (Å²) in [4.78, 5) is 13.9. The summed E-state index contributed by atoms with van der Waals surface area (Å²) in [5.74, 6) is -0.252. The quantitative estimate of drug-likeness (QED) is 0.535. The van der Waals surface area contributed by atoms with Crippen molar-refractivity contribution < 1.29 is 15.0 Å². The van der Waals surface area contributed by atoms with E-state index in [4.69, 9.17) is 10.8 Å². The summed E-state index contributed by atoms with van der Waals surface area (Å²) in [6, 6.07) is 4.77. The van der Waals surface area contributed by atoms with Crippen LogP contribution in [-0.4, -0.2) is 40.7 Å². The molecular weight excluding hydrogens is 232 g/mol. The van der Waals surface area contributed by atoms with Gasteiger partial charge in [-0.15, -0.1) is 0 Å². The Bertz CT molecular complexity index is 448. The lowest BCUT2D eigenvalue weighted by molar-refractivity contribution is 0.0618. The molecule has 1 aliphatic heterocycles. The molecule has 0 aromatic heterocycles. The average molecular weight is 250 g/mol. The van der Waals surface area contributed by atoms with E-state index in [-0.39, 0.29) is 35.4 Å². The van der Waals surface area contributed by atoms with E-state index in [1.54, 1.807) is 23.1 Å². The molecule has 1 saturated heterocycles. The maximum atomic E-state index is 12.3. The second kappa shape index (κ2) is 5.27. The molecule has 0 spiro atoms. The van der Waals surface area contributed by atoms with E-state index >= 15 is 0 Å². The third kappa shape index (κ3) is 2.41. The van der Waals surface area contributed by atoms with Crippen LogP contribution in [0.2, 0.25) is 0 Å². The van der Waals surface area contributed by atoms with Crippen molar-refractivity contribution in [3.05, 3.63) is 23.8 Å².